The van der Waals surface area contributed by atoms with Crippen LogP contribution in [0.5, 0.6) is 11.5 Å². The van der Waals surface area contributed by atoms with Crippen molar-refractivity contribution in [1.29, 1.82) is 0 Å². The molecule has 0 unspecified atom stereocenters. The van der Waals surface area contributed by atoms with Gasteiger partial charge in [0, 0.05) is 0 Å². The van der Waals surface area contributed by atoms with Gasteiger partial charge in [0.1, 0.15) is 5.25 Å². The highest BCUT2D eigenvalue weighted by atomic mass is 32.2. The maximum atomic E-state index is 12.5. The lowest BCUT2D eigenvalue weighted by molar-refractivity contribution is -0.125. The van der Waals surface area contributed by atoms with Crippen LogP contribution in [0.4, 0.5) is 13.2 Å². The van der Waals surface area contributed by atoms with Crippen LogP contribution in [0, 0.1) is 0 Å². The van der Waals surface area contributed by atoms with Gasteiger partial charge in [0.25, 0.3) is 5.22 Å². The zero-order chi connectivity index (χ0) is 17.0. The summed E-state index contributed by atoms with van der Waals surface area (Å²) in [5.74, 6) is 1.36. The maximum Gasteiger partial charge on any atom is 0.400 e. The molecule has 1 heterocycles. The van der Waals surface area contributed by atoms with E-state index in [2.05, 4.69) is 10.2 Å². The molecular weight excluding hydrogens is 333 g/mol. The molecule has 0 aliphatic heterocycles. The second kappa shape index (κ2) is 7.12. The molecule has 0 bridgehead atoms. The number of nitrogens with zero attached hydrogens (tertiary/aromatic N) is 2. The summed E-state index contributed by atoms with van der Waals surface area (Å²) in [5.41, 5.74) is 0.812. The van der Waals surface area contributed by atoms with Gasteiger partial charge in [-0.2, -0.15) is 13.2 Å². The Morgan fingerprint density at radius 3 is 2.48 bits per heavy atom. The molecule has 2 aromatic rings. The van der Waals surface area contributed by atoms with E-state index >= 15 is 0 Å². The minimum atomic E-state index is -4.32. The van der Waals surface area contributed by atoms with Gasteiger partial charge in [-0.3, -0.25) is 0 Å². The summed E-state index contributed by atoms with van der Waals surface area (Å²) in [5, 5.41) is 5.68. The number of halogens is 3. The van der Waals surface area contributed by atoms with E-state index in [-0.39, 0.29) is 17.5 Å². The van der Waals surface area contributed by atoms with Crippen molar-refractivity contribution in [3.63, 3.8) is 0 Å². The first-order valence-corrected chi connectivity index (χ1v) is 7.48. The molecule has 0 saturated heterocycles. The molecule has 5 nitrogen and oxygen atoms in total. The van der Waals surface area contributed by atoms with E-state index in [1.807, 2.05) is 0 Å². The average molecular weight is 348 g/mol. The van der Waals surface area contributed by atoms with Crippen molar-refractivity contribution in [2.75, 3.05) is 14.2 Å². The summed E-state index contributed by atoms with van der Waals surface area (Å²) in [6.45, 7) is 1.04. The van der Waals surface area contributed by atoms with Crippen LogP contribution in [0.15, 0.2) is 27.8 Å². The lowest BCUT2D eigenvalue weighted by Gasteiger charge is -2.11. The Bertz CT molecular complexity index is 661. The van der Waals surface area contributed by atoms with E-state index in [1.54, 1.807) is 18.2 Å². The van der Waals surface area contributed by atoms with Crippen molar-refractivity contribution < 1.29 is 27.1 Å². The van der Waals surface area contributed by atoms with Crippen LogP contribution in [-0.4, -0.2) is 35.8 Å². The summed E-state index contributed by atoms with van der Waals surface area (Å²) in [6.07, 6.45) is -4.03. The Morgan fingerprint density at radius 2 is 1.87 bits per heavy atom. The van der Waals surface area contributed by atoms with Gasteiger partial charge in [-0.25, -0.2) is 0 Å². The predicted molar refractivity (Wildman–Crippen MR) is 78.0 cm³/mol. The second-order valence-electron chi connectivity index (χ2n) is 4.63. The maximum absolute atomic E-state index is 12.5. The molecule has 23 heavy (non-hydrogen) atoms. The van der Waals surface area contributed by atoms with Gasteiger partial charge < -0.3 is 13.9 Å². The number of thioether (sulfide) groups is 1. The fraction of sp³-hybridized carbons (Fsp3) is 0.429. The Morgan fingerprint density at radius 1 is 1.17 bits per heavy atom. The third-order valence-corrected chi connectivity index (χ3v) is 3.98. The van der Waals surface area contributed by atoms with E-state index < -0.39 is 11.4 Å². The van der Waals surface area contributed by atoms with Gasteiger partial charge in [0.15, 0.2) is 11.5 Å². The summed E-state index contributed by atoms with van der Waals surface area (Å²) in [6, 6.07) is 5.26. The molecule has 0 spiro atoms. The quantitative estimate of drug-likeness (QED) is 0.742. The molecule has 126 valence electrons. The highest BCUT2D eigenvalue weighted by Crippen LogP contribution is 2.34. The molecule has 0 amide bonds. The molecular formula is C14H15F3N2O3S. The van der Waals surface area contributed by atoms with Gasteiger partial charge in [-0.1, -0.05) is 17.8 Å². The Hall–Kier alpha value is -1.90. The first-order valence-electron chi connectivity index (χ1n) is 6.60. The lowest BCUT2D eigenvalue weighted by atomic mass is 10.1. The number of ether oxygens (including phenoxy) is 2. The Kier molecular flexibility index (Phi) is 5.40. The van der Waals surface area contributed by atoms with E-state index in [9.17, 15) is 13.2 Å². The van der Waals surface area contributed by atoms with Crippen LogP contribution >= 0.6 is 11.8 Å². The highest BCUT2D eigenvalue weighted by molar-refractivity contribution is 7.99. The number of hydrogen-bond donors (Lipinski definition) is 0. The molecule has 0 fully saturated rings. The first kappa shape index (κ1) is 17.5. The molecule has 2 rings (SSSR count). The minimum Gasteiger partial charge on any atom is -0.493 e. The topological polar surface area (TPSA) is 57.4 Å². The van der Waals surface area contributed by atoms with Gasteiger partial charge >= 0.3 is 6.18 Å². The summed E-state index contributed by atoms with van der Waals surface area (Å²) < 4.78 is 53.1. The normalized spacial score (nSPS) is 13.0. The van der Waals surface area contributed by atoms with E-state index in [0.717, 1.165) is 12.5 Å². The molecule has 1 aromatic carbocycles. The third kappa shape index (κ3) is 4.54. The third-order valence-electron chi connectivity index (χ3n) is 2.99. The van der Waals surface area contributed by atoms with Crippen molar-refractivity contribution in [3.05, 3.63) is 29.7 Å². The van der Waals surface area contributed by atoms with Gasteiger partial charge in [-0.15, -0.1) is 10.2 Å². The lowest BCUT2D eigenvalue weighted by Crippen LogP contribution is -2.21. The molecule has 0 saturated carbocycles. The van der Waals surface area contributed by atoms with Gasteiger partial charge in [0.05, 0.1) is 20.6 Å². The number of rotatable bonds is 6. The average Bonchev–Trinajstić information content (AvgIpc) is 2.93. The number of methoxy groups -OCH3 is 2. The zero-order valence-electron chi connectivity index (χ0n) is 12.7. The molecule has 0 aliphatic rings. The Labute approximate surface area is 135 Å². The summed E-state index contributed by atoms with van der Waals surface area (Å²) in [4.78, 5) is 0. The van der Waals surface area contributed by atoms with Gasteiger partial charge in [-0.05, 0) is 24.6 Å². The SMILES string of the molecule is COc1ccc(Cc2nnc(S[C@H](C)C(F)(F)F)o2)cc1OC. The van der Waals surface area contributed by atoms with Crippen molar-refractivity contribution in [1.82, 2.24) is 10.2 Å². The monoisotopic (exact) mass is 348 g/mol. The van der Waals surface area contributed by atoms with Crippen molar-refractivity contribution in [2.24, 2.45) is 0 Å². The number of hydrogen-bond acceptors (Lipinski definition) is 6. The van der Waals surface area contributed by atoms with E-state index in [1.165, 1.54) is 14.2 Å². The molecule has 0 radical (unpaired) electrons. The highest BCUT2D eigenvalue weighted by Gasteiger charge is 2.38. The van der Waals surface area contributed by atoms with E-state index in [0.29, 0.717) is 23.3 Å². The fourth-order valence-corrected chi connectivity index (χ4v) is 2.41. The standard InChI is InChI=1S/C14H15F3N2O3S/c1-8(14(15,16)17)23-13-19-18-12(22-13)7-9-4-5-10(20-2)11(6-9)21-3/h4-6,8H,7H2,1-3H3/t8-/m1/s1. The summed E-state index contributed by atoms with van der Waals surface area (Å²) in [7, 11) is 3.04. The van der Waals surface area contributed by atoms with Crippen molar-refractivity contribution >= 4 is 11.8 Å². The van der Waals surface area contributed by atoms with E-state index in [4.69, 9.17) is 13.9 Å². The van der Waals surface area contributed by atoms with Crippen molar-refractivity contribution in [2.45, 2.75) is 30.0 Å². The van der Waals surface area contributed by atoms with Crippen LogP contribution in [0.2, 0.25) is 0 Å². The fourth-order valence-electron chi connectivity index (χ4n) is 1.74. The second-order valence-corrected chi connectivity index (χ2v) is 5.92. The first-order chi connectivity index (χ1) is 10.8. The van der Waals surface area contributed by atoms with Crippen LogP contribution in [0.1, 0.15) is 18.4 Å². The van der Waals surface area contributed by atoms with Gasteiger partial charge in [0.2, 0.25) is 5.89 Å². The largest absolute Gasteiger partial charge is 0.493 e. The number of benzene rings is 1. The van der Waals surface area contributed by atoms with Crippen LogP contribution in [0.25, 0.3) is 0 Å². The molecule has 9 heteroatoms. The smallest absolute Gasteiger partial charge is 0.400 e. The van der Waals surface area contributed by atoms with Crippen molar-refractivity contribution in [3.8, 4) is 11.5 Å². The summed E-state index contributed by atoms with van der Waals surface area (Å²) >= 11 is 0.486. The predicted octanol–water partition coefficient (Wildman–Crippen LogP) is 3.72. The van der Waals surface area contributed by atoms with Crippen LogP contribution in [-0.2, 0) is 6.42 Å². The molecule has 1 aromatic heterocycles. The zero-order valence-corrected chi connectivity index (χ0v) is 13.5. The molecule has 0 N–H and O–H groups in total. The molecule has 1 atom stereocenters. The Balaban J connectivity index is 2.07. The van der Waals surface area contributed by atoms with Crippen LogP contribution in [0.3, 0.4) is 0 Å². The number of alkyl halides is 3. The number of aromatic nitrogens is 2. The van der Waals surface area contributed by atoms with Crippen LogP contribution < -0.4 is 9.47 Å². The molecule has 0 aliphatic carbocycles. The minimum absolute atomic E-state index is 0.106.